The zero-order valence-corrected chi connectivity index (χ0v) is 17.8. The Morgan fingerprint density at radius 2 is 2.03 bits per heavy atom. The first kappa shape index (κ1) is 21.8. The van der Waals surface area contributed by atoms with E-state index >= 15 is 0 Å². The van der Waals surface area contributed by atoms with Crippen LogP contribution in [-0.2, 0) is 25.6 Å². The molecule has 2 aromatic rings. The van der Waals surface area contributed by atoms with E-state index in [2.05, 4.69) is 0 Å². The van der Waals surface area contributed by atoms with Crippen molar-refractivity contribution in [2.75, 3.05) is 40.0 Å². The molecule has 1 fully saturated rings. The van der Waals surface area contributed by atoms with Crippen LogP contribution >= 0.6 is 11.3 Å². The number of thiazole rings is 1. The molecule has 0 atom stereocenters. The van der Waals surface area contributed by atoms with Gasteiger partial charge in [-0.05, 0) is 30.7 Å². The van der Waals surface area contributed by atoms with Crippen LogP contribution in [0.3, 0.4) is 0 Å². The summed E-state index contributed by atoms with van der Waals surface area (Å²) in [5.74, 6) is -0.0784. The summed E-state index contributed by atoms with van der Waals surface area (Å²) in [4.78, 5) is 39.4. The van der Waals surface area contributed by atoms with Gasteiger partial charge < -0.3 is 19.1 Å². The van der Waals surface area contributed by atoms with Crippen molar-refractivity contribution in [3.05, 3.63) is 49.4 Å². The third-order valence-electron chi connectivity index (χ3n) is 4.51. The standard InChI is InChI=1S/C21H24N2O6S/c1-3-29-20(25)13-19-23(14-18(24)22-7-9-28-10-8-22)21(26)17(30-19)12-15-5-4-6-16(11-15)27-2/h4-6,11-13H,3,7-10,14H2,1-2H3. The maximum atomic E-state index is 13.0. The Labute approximate surface area is 177 Å². The van der Waals surface area contributed by atoms with E-state index in [1.807, 2.05) is 18.2 Å². The number of hydrogen-bond acceptors (Lipinski definition) is 7. The summed E-state index contributed by atoms with van der Waals surface area (Å²) in [6.07, 6.45) is 2.97. The summed E-state index contributed by atoms with van der Waals surface area (Å²) in [7, 11) is 1.57. The number of aromatic nitrogens is 1. The van der Waals surface area contributed by atoms with E-state index in [-0.39, 0.29) is 24.6 Å². The van der Waals surface area contributed by atoms with Gasteiger partial charge in [-0.15, -0.1) is 11.3 Å². The molecule has 0 radical (unpaired) electrons. The fourth-order valence-electron chi connectivity index (χ4n) is 3.01. The minimum absolute atomic E-state index is 0.146. The number of morpholine rings is 1. The maximum absolute atomic E-state index is 13.0. The Morgan fingerprint density at radius 1 is 1.27 bits per heavy atom. The minimum Gasteiger partial charge on any atom is -0.497 e. The predicted octanol–water partition coefficient (Wildman–Crippen LogP) is -0.0504. The first-order valence-electron chi connectivity index (χ1n) is 9.61. The van der Waals surface area contributed by atoms with Crippen molar-refractivity contribution in [3.8, 4) is 5.75 Å². The maximum Gasteiger partial charge on any atom is 0.333 e. The van der Waals surface area contributed by atoms with Gasteiger partial charge >= 0.3 is 5.97 Å². The molecule has 1 aliphatic rings. The molecule has 1 aliphatic heterocycles. The third-order valence-corrected chi connectivity index (χ3v) is 5.57. The second-order valence-corrected chi connectivity index (χ2v) is 7.57. The summed E-state index contributed by atoms with van der Waals surface area (Å²) >= 11 is 1.14. The summed E-state index contributed by atoms with van der Waals surface area (Å²) in [5, 5.41) is 0. The molecule has 1 aromatic carbocycles. The lowest BCUT2D eigenvalue weighted by Crippen LogP contribution is -2.45. The van der Waals surface area contributed by atoms with Gasteiger partial charge in [0.25, 0.3) is 5.56 Å². The molecule has 2 heterocycles. The Morgan fingerprint density at radius 3 is 2.73 bits per heavy atom. The molecule has 9 heteroatoms. The Balaban J connectivity index is 2.02. The van der Waals surface area contributed by atoms with E-state index in [9.17, 15) is 14.4 Å². The van der Waals surface area contributed by atoms with Crippen molar-refractivity contribution in [2.24, 2.45) is 0 Å². The van der Waals surface area contributed by atoms with Crippen molar-refractivity contribution in [1.29, 1.82) is 0 Å². The van der Waals surface area contributed by atoms with Crippen molar-refractivity contribution in [2.45, 2.75) is 13.5 Å². The molecule has 0 bridgehead atoms. The number of hydrogen-bond donors (Lipinski definition) is 0. The van der Waals surface area contributed by atoms with Crippen LogP contribution < -0.4 is 19.5 Å². The van der Waals surface area contributed by atoms with Crippen LogP contribution in [0.2, 0.25) is 0 Å². The Bertz CT molecular complexity index is 1080. The molecule has 0 unspecified atom stereocenters. The molecule has 1 amide bonds. The van der Waals surface area contributed by atoms with Gasteiger partial charge in [-0.2, -0.15) is 0 Å². The average molecular weight is 432 g/mol. The number of carbonyl (C=O) groups excluding carboxylic acids is 2. The third kappa shape index (κ3) is 5.37. The SMILES string of the molecule is CCOC(=O)C=c1sc(=Cc2cccc(OC)c2)c(=O)n1CC(=O)N1CCOCC1. The van der Waals surface area contributed by atoms with Crippen LogP contribution in [0.1, 0.15) is 12.5 Å². The first-order valence-corrected chi connectivity index (χ1v) is 10.4. The van der Waals surface area contributed by atoms with Crippen LogP contribution in [0.15, 0.2) is 29.1 Å². The van der Waals surface area contributed by atoms with E-state index in [1.54, 1.807) is 31.1 Å². The zero-order chi connectivity index (χ0) is 21.5. The summed E-state index contributed by atoms with van der Waals surface area (Å²) in [6.45, 7) is 3.70. The van der Waals surface area contributed by atoms with Crippen molar-refractivity contribution in [1.82, 2.24) is 9.47 Å². The van der Waals surface area contributed by atoms with Crippen LogP contribution in [0.25, 0.3) is 12.2 Å². The lowest BCUT2D eigenvalue weighted by molar-refractivity contribution is -0.136. The van der Waals surface area contributed by atoms with Gasteiger partial charge in [0, 0.05) is 13.1 Å². The summed E-state index contributed by atoms with van der Waals surface area (Å²) in [6, 6.07) is 7.28. The summed E-state index contributed by atoms with van der Waals surface area (Å²) < 4.78 is 17.6. The minimum atomic E-state index is -0.556. The van der Waals surface area contributed by atoms with E-state index in [1.165, 1.54) is 10.6 Å². The van der Waals surface area contributed by atoms with E-state index in [0.29, 0.717) is 41.2 Å². The second-order valence-electron chi connectivity index (χ2n) is 6.51. The van der Waals surface area contributed by atoms with Gasteiger partial charge in [0.2, 0.25) is 5.91 Å². The van der Waals surface area contributed by atoms with E-state index in [4.69, 9.17) is 14.2 Å². The smallest absolute Gasteiger partial charge is 0.333 e. The zero-order valence-electron chi connectivity index (χ0n) is 17.0. The number of esters is 1. The number of amides is 1. The molecule has 160 valence electrons. The molecule has 3 rings (SSSR count). The predicted molar refractivity (Wildman–Crippen MR) is 113 cm³/mol. The summed E-state index contributed by atoms with van der Waals surface area (Å²) in [5.41, 5.74) is 0.446. The second kappa shape index (κ2) is 10.2. The van der Waals surface area contributed by atoms with Gasteiger partial charge in [-0.1, -0.05) is 12.1 Å². The van der Waals surface area contributed by atoms with Crippen LogP contribution in [-0.4, -0.2) is 61.4 Å². The Kier molecular flexibility index (Phi) is 7.42. The molecule has 0 saturated carbocycles. The topological polar surface area (TPSA) is 87.1 Å². The van der Waals surface area contributed by atoms with E-state index in [0.717, 1.165) is 16.9 Å². The molecule has 0 N–H and O–H groups in total. The molecule has 8 nitrogen and oxygen atoms in total. The average Bonchev–Trinajstić information content (AvgIpc) is 3.03. The highest BCUT2D eigenvalue weighted by molar-refractivity contribution is 7.07. The Hall–Kier alpha value is -2.91. The van der Waals surface area contributed by atoms with Gasteiger partial charge in [0.05, 0.1) is 37.5 Å². The van der Waals surface area contributed by atoms with Crippen LogP contribution in [0.4, 0.5) is 0 Å². The van der Waals surface area contributed by atoms with Gasteiger partial charge in [-0.25, -0.2) is 4.79 Å². The number of ether oxygens (including phenoxy) is 3. The fraction of sp³-hybridized carbons (Fsp3) is 0.381. The van der Waals surface area contributed by atoms with Gasteiger partial charge in [0.15, 0.2) is 0 Å². The number of nitrogens with zero attached hydrogens (tertiary/aromatic N) is 2. The highest BCUT2D eigenvalue weighted by atomic mass is 32.1. The number of carbonyl (C=O) groups is 2. The largest absolute Gasteiger partial charge is 0.497 e. The van der Waals surface area contributed by atoms with Crippen molar-refractivity contribution in [3.63, 3.8) is 0 Å². The number of benzene rings is 1. The monoisotopic (exact) mass is 432 g/mol. The molecule has 30 heavy (non-hydrogen) atoms. The van der Waals surface area contributed by atoms with Gasteiger partial charge in [0.1, 0.15) is 17.0 Å². The lowest BCUT2D eigenvalue weighted by Gasteiger charge is -2.26. The van der Waals surface area contributed by atoms with E-state index < -0.39 is 5.97 Å². The molecular weight excluding hydrogens is 408 g/mol. The quantitative estimate of drug-likeness (QED) is 0.595. The lowest BCUT2D eigenvalue weighted by atomic mass is 10.2. The molecule has 0 aliphatic carbocycles. The molecular formula is C21H24N2O6S. The van der Waals surface area contributed by atoms with Crippen molar-refractivity contribution < 1.29 is 23.8 Å². The fourth-order valence-corrected chi connectivity index (χ4v) is 4.04. The molecule has 1 aromatic heterocycles. The first-order chi connectivity index (χ1) is 14.5. The molecule has 1 saturated heterocycles. The normalized spacial score (nSPS) is 15.3. The van der Waals surface area contributed by atoms with Crippen LogP contribution in [0, 0.1) is 0 Å². The number of rotatable bonds is 6. The van der Waals surface area contributed by atoms with Crippen molar-refractivity contribution >= 4 is 35.4 Å². The highest BCUT2D eigenvalue weighted by Crippen LogP contribution is 2.12. The van der Waals surface area contributed by atoms with Crippen LogP contribution in [0.5, 0.6) is 5.75 Å². The number of methoxy groups -OCH3 is 1. The highest BCUT2D eigenvalue weighted by Gasteiger charge is 2.19. The molecule has 0 spiro atoms. The van der Waals surface area contributed by atoms with Gasteiger partial charge in [-0.3, -0.25) is 14.2 Å².